The fraction of sp³-hybridized carbons (Fsp3) is 0.706. The summed E-state index contributed by atoms with van der Waals surface area (Å²) < 4.78 is 5.01. The Morgan fingerprint density at radius 3 is 2.25 bits per heavy atom. The van der Waals surface area contributed by atoms with E-state index in [1.165, 1.54) is 6.42 Å². The third-order valence-electron chi connectivity index (χ3n) is 4.96. The Hall–Kier alpha value is -2.05. The van der Waals surface area contributed by atoms with E-state index < -0.39 is 0 Å². The second-order valence-corrected chi connectivity index (χ2v) is 6.72. The largest absolute Gasteiger partial charge is 0.450 e. The van der Waals surface area contributed by atoms with Gasteiger partial charge in [-0.3, -0.25) is 9.59 Å². The molecule has 1 atom stereocenters. The number of piperazine rings is 1. The molecule has 1 aromatic rings. The van der Waals surface area contributed by atoms with Gasteiger partial charge in [0.25, 0.3) is 10.9 Å². The van der Waals surface area contributed by atoms with Gasteiger partial charge in [0.15, 0.2) is 0 Å². The van der Waals surface area contributed by atoms with Gasteiger partial charge >= 0.3 is 6.09 Å². The molecule has 3 rings (SSSR count). The molecule has 2 heterocycles. The number of rotatable bonds is 3. The Morgan fingerprint density at radius 2 is 1.67 bits per heavy atom. The van der Waals surface area contributed by atoms with Crippen molar-refractivity contribution in [3.05, 3.63) is 20.4 Å². The summed E-state index contributed by atoms with van der Waals surface area (Å²) in [4.78, 5) is 41.7. The third-order valence-corrected chi connectivity index (χ3v) is 4.96. The van der Waals surface area contributed by atoms with Crippen LogP contribution in [0.5, 0.6) is 0 Å². The van der Waals surface area contributed by atoms with Gasteiger partial charge in [0.1, 0.15) is 11.4 Å². The summed E-state index contributed by atoms with van der Waals surface area (Å²) in [5, 5.41) is 0. The minimum absolute atomic E-state index is 0.313. The molecule has 132 valence electrons. The van der Waals surface area contributed by atoms with Crippen molar-refractivity contribution in [1.29, 1.82) is 0 Å². The zero-order valence-corrected chi connectivity index (χ0v) is 14.4. The molecule has 0 N–H and O–H groups in total. The van der Waals surface area contributed by atoms with E-state index in [0.717, 1.165) is 19.5 Å². The summed E-state index contributed by atoms with van der Waals surface area (Å²) in [6, 6.07) is 0. The number of hydrogen-bond donors (Lipinski definition) is 0. The predicted octanol–water partition coefficient (Wildman–Crippen LogP) is 0.797. The van der Waals surface area contributed by atoms with E-state index in [-0.39, 0.29) is 17.0 Å². The molecule has 0 spiro atoms. The lowest BCUT2D eigenvalue weighted by Crippen LogP contribution is -2.54. The maximum Gasteiger partial charge on any atom is 0.409 e. The van der Waals surface area contributed by atoms with E-state index in [0.29, 0.717) is 50.1 Å². The van der Waals surface area contributed by atoms with Gasteiger partial charge in [-0.2, -0.15) is 0 Å². The highest BCUT2D eigenvalue weighted by molar-refractivity contribution is 5.77. The van der Waals surface area contributed by atoms with Gasteiger partial charge in [-0.15, -0.1) is 0 Å². The lowest BCUT2D eigenvalue weighted by Gasteiger charge is -2.40. The van der Waals surface area contributed by atoms with Crippen molar-refractivity contribution in [2.45, 2.75) is 26.7 Å². The van der Waals surface area contributed by atoms with Crippen molar-refractivity contribution < 1.29 is 9.53 Å². The van der Waals surface area contributed by atoms with Gasteiger partial charge in [-0.05, 0) is 25.7 Å². The molecule has 0 saturated carbocycles. The van der Waals surface area contributed by atoms with Crippen molar-refractivity contribution in [2.75, 3.05) is 55.7 Å². The monoisotopic (exact) mass is 335 g/mol. The van der Waals surface area contributed by atoms with Crippen LogP contribution in [0.2, 0.25) is 0 Å². The predicted molar refractivity (Wildman–Crippen MR) is 92.8 cm³/mol. The van der Waals surface area contributed by atoms with Crippen LogP contribution in [-0.4, -0.2) is 56.9 Å². The Balaban J connectivity index is 1.70. The summed E-state index contributed by atoms with van der Waals surface area (Å²) in [5.74, 6) is 0.539. The first-order chi connectivity index (χ1) is 11.5. The molecule has 24 heavy (non-hydrogen) atoms. The topological polar surface area (TPSA) is 70.2 Å². The van der Waals surface area contributed by atoms with Gasteiger partial charge in [0, 0.05) is 39.3 Å². The normalized spacial score (nSPS) is 22.1. The molecule has 7 heteroatoms. The molecule has 1 amide bonds. The van der Waals surface area contributed by atoms with E-state index in [2.05, 4.69) is 11.8 Å². The summed E-state index contributed by atoms with van der Waals surface area (Å²) in [6.45, 7) is 8.11. The Bertz CT molecular complexity index is 672. The highest BCUT2D eigenvalue weighted by atomic mass is 16.6. The van der Waals surface area contributed by atoms with Gasteiger partial charge in [0.05, 0.1) is 6.61 Å². The fourth-order valence-corrected chi connectivity index (χ4v) is 3.67. The van der Waals surface area contributed by atoms with Crippen molar-refractivity contribution in [1.82, 2.24) is 4.90 Å². The second kappa shape index (κ2) is 6.83. The Labute approximate surface area is 141 Å². The summed E-state index contributed by atoms with van der Waals surface area (Å²) in [5.41, 5.74) is 0.411. The molecular weight excluding hydrogens is 310 g/mol. The van der Waals surface area contributed by atoms with Crippen LogP contribution in [0, 0.1) is 5.92 Å². The van der Waals surface area contributed by atoms with Crippen LogP contribution in [0.1, 0.15) is 26.7 Å². The van der Waals surface area contributed by atoms with Crippen LogP contribution < -0.4 is 20.7 Å². The maximum atomic E-state index is 12.1. The Kier molecular flexibility index (Phi) is 4.78. The van der Waals surface area contributed by atoms with Gasteiger partial charge in [-0.25, -0.2) is 4.79 Å². The van der Waals surface area contributed by atoms with Crippen LogP contribution in [0.3, 0.4) is 0 Å². The first kappa shape index (κ1) is 16.8. The molecule has 2 aliphatic heterocycles. The Morgan fingerprint density at radius 1 is 1.04 bits per heavy atom. The molecule has 0 unspecified atom stereocenters. The molecule has 1 aromatic carbocycles. The summed E-state index contributed by atoms with van der Waals surface area (Å²) in [6.07, 6.45) is 1.91. The SMILES string of the molecule is CCOC(=O)N1CCN(c2c(N3CCC[C@H](C)C3)c(=O)c2=O)CC1. The number of carbonyl (C=O) groups is 1. The lowest BCUT2D eigenvalue weighted by atomic mass is 9.98. The van der Waals surface area contributed by atoms with E-state index in [9.17, 15) is 14.4 Å². The number of amides is 1. The average molecular weight is 335 g/mol. The second-order valence-electron chi connectivity index (χ2n) is 6.72. The summed E-state index contributed by atoms with van der Waals surface area (Å²) >= 11 is 0. The molecule has 2 aliphatic rings. The number of nitrogens with zero attached hydrogens (tertiary/aromatic N) is 3. The van der Waals surface area contributed by atoms with E-state index >= 15 is 0 Å². The summed E-state index contributed by atoms with van der Waals surface area (Å²) in [7, 11) is 0. The molecule has 0 aliphatic carbocycles. The molecule has 7 nitrogen and oxygen atoms in total. The van der Waals surface area contributed by atoms with Crippen LogP contribution in [0.15, 0.2) is 9.59 Å². The number of anilines is 2. The first-order valence-electron chi connectivity index (χ1n) is 8.77. The lowest BCUT2D eigenvalue weighted by molar-refractivity contribution is 0.105. The molecule has 2 fully saturated rings. The number of hydrogen-bond acceptors (Lipinski definition) is 6. The van der Waals surface area contributed by atoms with E-state index in [1.54, 1.807) is 11.8 Å². The average Bonchev–Trinajstić information content (AvgIpc) is 2.59. The number of piperidine rings is 1. The van der Waals surface area contributed by atoms with Crippen molar-refractivity contribution >= 4 is 17.5 Å². The number of ether oxygens (including phenoxy) is 1. The number of carbonyl (C=O) groups excluding carboxylic acids is 1. The highest BCUT2D eigenvalue weighted by Crippen LogP contribution is 2.29. The van der Waals surface area contributed by atoms with E-state index in [4.69, 9.17) is 4.74 Å². The minimum Gasteiger partial charge on any atom is -0.450 e. The van der Waals surface area contributed by atoms with Gasteiger partial charge in [0.2, 0.25) is 0 Å². The smallest absolute Gasteiger partial charge is 0.409 e. The molecule has 0 aromatic heterocycles. The zero-order valence-electron chi connectivity index (χ0n) is 14.4. The van der Waals surface area contributed by atoms with Gasteiger partial charge in [-0.1, -0.05) is 6.92 Å². The molecule has 0 bridgehead atoms. The standard InChI is InChI=1S/C17H25N3O4/c1-3-24-17(23)19-9-7-18(8-10-19)13-14(16(22)15(13)21)20-6-4-5-12(2)11-20/h12H,3-11H2,1-2H3/t12-/m0/s1. The van der Waals surface area contributed by atoms with Crippen LogP contribution in [0.25, 0.3) is 0 Å². The van der Waals surface area contributed by atoms with Crippen molar-refractivity contribution in [3.63, 3.8) is 0 Å². The zero-order chi connectivity index (χ0) is 17.3. The first-order valence-corrected chi connectivity index (χ1v) is 8.77. The van der Waals surface area contributed by atoms with Gasteiger partial charge < -0.3 is 19.4 Å². The third kappa shape index (κ3) is 2.99. The molecule has 2 saturated heterocycles. The quantitative estimate of drug-likeness (QED) is 0.761. The highest BCUT2D eigenvalue weighted by Gasteiger charge is 2.33. The van der Waals surface area contributed by atoms with Crippen molar-refractivity contribution in [2.24, 2.45) is 5.92 Å². The van der Waals surface area contributed by atoms with E-state index in [1.807, 2.05) is 4.90 Å². The molecule has 0 radical (unpaired) electrons. The van der Waals surface area contributed by atoms with Crippen molar-refractivity contribution in [3.8, 4) is 0 Å². The van der Waals surface area contributed by atoms with Crippen LogP contribution in [0.4, 0.5) is 16.2 Å². The minimum atomic E-state index is -0.382. The van der Waals surface area contributed by atoms with Crippen LogP contribution >= 0.6 is 0 Å². The maximum absolute atomic E-state index is 12.1. The van der Waals surface area contributed by atoms with Crippen LogP contribution in [-0.2, 0) is 4.74 Å². The fourth-order valence-electron chi connectivity index (χ4n) is 3.67. The molecular formula is C17H25N3O4.